The average molecular weight is 627 g/mol. The molecule has 0 unspecified atom stereocenters. The van der Waals surface area contributed by atoms with Gasteiger partial charge in [0, 0.05) is 32.9 Å². The molecule has 2 heterocycles. The van der Waals surface area contributed by atoms with Gasteiger partial charge in [-0.3, -0.25) is 0 Å². The van der Waals surface area contributed by atoms with Crippen LogP contribution < -0.4 is 9.47 Å². The minimum Gasteiger partial charge on any atom is -0.497 e. The van der Waals surface area contributed by atoms with Crippen molar-refractivity contribution < 1.29 is 22.6 Å². The lowest BCUT2D eigenvalue weighted by molar-refractivity contribution is -0.137. The first-order valence-corrected chi connectivity index (χ1v) is 15.2. The number of hydrogen-bond donors (Lipinski definition) is 0. The summed E-state index contributed by atoms with van der Waals surface area (Å²) in [5, 5.41) is 3.99. The number of alkyl halides is 3. The van der Waals surface area contributed by atoms with E-state index >= 15 is 0 Å². The molecule has 47 heavy (non-hydrogen) atoms. The summed E-state index contributed by atoms with van der Waals surface area (Å²) in [5.41, 5.74) is 5.76. The highest BCUT2D eigenvalue weighted by atomic mass is 19.4. The van der Waals surface area contributed by atoms with Crippen molar-refractivity contribution in [3.05, 3.63) is 132 Å². The van der Waals surface area contributed by atoms with Crippen LogP contribution in [0, 0.1) is 6.92 Å². The highest BCUT2D eigenvalue weighted by molar-refractivity contribution is 6.11. The number of halogens is 3. The van der Waals surface area contributed by atoms with E-state index in [0.29, 0.717) is 17.0 Å². The van der Waals surface area contributed by atoms with Crippen LogP contribution in [0.1, 0.15) is 11.1 Å². The van der Waals surface area contributed by atoms with Crippen molar-refractivity contribution in [1.82, 2.24) is 9.13 Å². The Bertz CT molecular complexity index is 2500. The largest absolute Gasteiger partial charge is 0.497 e. The molecule has 2 aromatic heterocycles. The zero-order chi connectivity index (χ0) is 32.4. The van der Waals surface area contributed by atoms with Gasteiger partial charge in [-0.1, -0.05) is 42.5 Å². The highest BCUT2D eigenvalue weighted by Gasteiger charge is 2.34. The summed E-state index contributed by atoms with van der Waals surface area (Å²) in [4.78, 5) is 0. The van der Waals surface area contributed by atoms with Crippen molar-refractivity contribution >= 4 is 43.6 Å². The fourth-order valence-electron chi connectivity index (χ4n) is 6.89. The van der Waals surface area contributed by atoms with Gasteiger partial charge in [0.25, 0.3) is 0 Å². The Kier molecular flexibility index (Phi) is 6.55. The molecule has 0 spiro atoms. The van der Waals surface area contributed by atoms with Crippen LogP contribution >= 0.6 is 0 Å². The minimum absolute atomic E-state index is 0.122. The molecular weight excluding hydrogens is 597 g/mol. The van der Waals surface area contributed by atoms with Gasteiger partial charge in [-0.15, -0.1) is 0 Å². The number of nitrogens with zero attached hydrogens (tertiary/aromatic N) is 2. The number of para-hydroxylation sites is 2. The van der Waals surface area contributed by atoms with Crippen molar-refractivity contribution in [2.75, 3.05) is 14.2 Å². The molecule has 8 aromatic rings. The molecular formula is C40H29F3N2O2. The van der Waals surface area contributed by atoms with E-state index in [9.17, 15) is 13.2 Å². The van der Waals surface area contributed by atoms with Gasteiger partial charge in [-0.2, -0.15) is 13.2 Å². The van der Waals surface area contributed by atoms with Crippen LogP contribution in [0.5, 0.6) is 11.5 Å². The van der Waals surface area contributed by atoms with Crippen LogP contribution in [0.15, 0.2) is 121 Å². The molecule has 0 bridgehead atoms. The fraction of sp³-hybridized carbons (Fsp3) is 0.100. The zero-order valence-corrected chi connectivity index (χ0v) is 25.9. The number of aryl methyl sites for hydroxylation is 1. The molecule has 0 aliphatic carbocycles. The van der Waals surface area contributed by atoms with E-state index in [4.69, 9.17) is 9.47 Å². The summed E-state index contributed by atoms with van der Waals surface area (Å²) < 4.78 is 59.4. The highest BCUT2D eigenvalue weighted by Crippen LogP contribution is 2.43. The molecule has 0 radical (unpaired) electrons. The molecule has 232 valence electrons. The van der Waals surface area contributed by atoms with Gasteiger partial charge in [-0.05, 0) is 102 Å². The van der Waals surface area contributed by atoms with E-state index in [-0.39, 0.29) is 5.56 Å². The lowest BCUT2D eigenvalue weighted by Crippen LogP contribution is -2.09. The standard InChI is InChI=1S/C40H29F3N2O2/c1-24-12-13-25(44-36-10-6-4-8-29(36)33-22-27(46-2)15-18-38(33)44)20-31(24)32-21-26(14-17-35(32)40(41,42)43)45-37-11-7-5-9-30(37)34-23-28(47-3)16-19-39(34)45/h4-23H,1-3H3. The molecule has 7 heteroatoms. The van der Waals surface area contributed by atoms with Crippen molar-refractivity contribution in [2.45, 2.75) is 13.1 Å². The summed E-state index contributed by atoms with van der Waals surface area (Å²) in [6.45, 7) is 1.86. The second-order valence-corrected chi connectivity index (χ2v) is 11.7. The van der Waals surface area contributed by atoms with Gasteiger partial charge < -0.3 is 18.6 Å². The first-order valence-electron chi connectivity index (χ1n) is 15.2. The minimum atomic E-state index is -4.56. The molecule has 4 nitrogen and oxygen atoms in total. The number of aromatic nitrogens is 2. The summed E-state index contributed by atoms with van der Waals surface area (Å²) in [7, 11) is 3.25. The lowest BCUT2D eigenvalue weighted by Gasteiger charge is -2.19. The molecule has 0 N–H and O–H groups in total. The molecule has 0 aliphatic rings. The van der Waals surface area contributed by atoms with E-state index < -0.39 is 11.7 Å². The van der Waals surface area contributed by atoms with Gasteiger partial charge in [-0.25, -0.2) is 0 Å². The number of methoxy groups -OCH3 is 2. The predicted octanol–water partition coefficient (Wildman–Crippen LogP) is 10.9. The predicted molar refractivity (Wildman–Crippen MR) is 183 cm³/mol. The number of ether oxygens (including phenoxy) is 2. The van der Waals surface area contributed by atoms with E-state index in [1.807, 2.05) is 109 Å². The Labute approximate surface area is 268 Å². The second-order valence-electron chi connectivity index (χ2n) is 11.7. The number of benzene rings is 6. The Morgan fingerprint density at radius 3 is 1.47 bits per heavy atom. The third kappa shape index (κ3) is 4.53. The van der Waals surface area contributed by atoms with Crippen LogP contribution in [0.25, 0.3) is 66.1 Å². The third-order valence-corrected chi connectivity index (χ3v) is 9.10. The molecule has 8 rings (SSSR count). The molecule has 0 fully saturated rings. The van der Waals surface area contributed by atoms with Gasteiger partial charge in [0.1, 0.15) is 11.5 Å². The number of fused-ring (bicyclic) bond motifs is 6. The number of rotatable bonds is 5. The Morgan fingerprint density at radius 2 is 0.957 bits per heavy atom. The monoisotopic (exact) mass is 626 g/mol. The van der Waals surface area contributed by atoms with Crippen LogP contribution in [0.4, 0.5) is 13.2 Å². The summed E-state index contributed by atoms with van der Waals surface area (Å²) in [5.74, 6) is 1.45. The Hall–Kier alpha value is -5.69. The molecule has 0 saturated heterocycles. The topological polar surface area (TPSA) is 28.3 Å². The Morgan fingerprint density at radius 1 is 0.489 bits per heavy atom. The zero-order valence-electron chi connectivity index (χ0n) is 25.9. The van der Waals surface area contributed by atoms with Gasteiger partial charge in [0.15, 0.2) is 0 Å². The fourth-order valence-corrected chi connectivity index (χ4v) is 6.89. The molecule has 0 amide bonds. The SMILES string of the molecule is COc1ccc2c(c1)c1ccccc1n2-c1ccc(C)c(-c2cc(-n3c4ccccc4c4cc(OC)ccc43)ccc2C(F)(F)F)c1. The van der Waals surface area contributed by atoms with Crippen molar-refractivity contribution in [3.8, 4) is 34.0 Å². The van der Waals surface area contributed by atoms with E-state index in [1.165, 1.54) is 6.07 Å². The third-order valence-electron chi connectivity index (χ3n) is 9.10. The van der Waals surface area contributed by atoms with Crippen molar-refractivity contribution in [1.29, 1.82) is 0 Å². The molecule has 0 aliphatic heterocycles. The summed E-state index contributed by atoms with van der Waals surface area (Å²) in [6, 6.07) is 37.8. The van der Waals surface area contributed by atoms with Gasteiger partial charge in [0.05, 0.1) is 41.8 Å². The van der Waals surface area contributed by atoms with Crippen LogP contribution in [-0.2, 0) is 6.18 Å². The maximum atomic E-state index is 14.8. The summed E-state index contributed by atoms with van der Waals surface area (Å²) >= 11 is 0. The number of hydrogen-bond acceptors (Lipinski definition) is 2. The normalized spacial score (nSPS) is 12.0. The second kappa shape index (κ2) is 10.7. The molecule has 0 saturated carbocycles. The first kappa shape index (κ1) is 28.8. The average Bonchev–Trinajstić information content (AvgIpc) is 3.60. The van der Waals surface area contributed by atoms with Gasteiger partial charge in [0.2, 0.25) is 0 Å². The van der Waals surface area contributed by atoms with Crippen molar-refractivity contribution in [3.63, 3.8) is 0 Å². The molecule has 0 atom stereocenters. The summed E-state index contributed by atoms with van der Waals surface area (Å²) in [6.07, 6.45) is -4.56. The maximum absolute atomic E-state index is 14.8. The van der Waals surface area contributed by atoms with E-state index in [0.717, 1.165) is 60.6 Å². The van der Waals surface area contributed by atoms with Crippen LogP contribution in [-0.4, -0.2) is 23.4 Å². The van der Waals surface area contributed by atoms with Crippen LogP contribution in [0.2, 0.25) is 0 Å². The van der Waals surface area contributed by atoms with E-state index in [2.05, 4.69) is 10.6 Å². The van der Waals surface area contributed by atoms with E-state index in [1.54, 1.807) is 26.4 Å². The first-order chi connectivity index (χ1) is 22.8. The molecule has 6 aromatic carbocycles. The maximum Gasteiger partial charge on any atom is 0.417 e. The van der Waals surface area contributed by atoms with Crippen molar-refractivity contribution in [2.24, 2.45) is 0 Å². The quantitative estimate of drug-likeness (QED) is 0.190. The van der Waals surface area contributed by atoms with Crippen LogP contribution in [0.3, 0.4) is 0 Å². The van der Waals surface area contributed by atoms with Gasteiger partial charge >= 0.3 is 6.18 Å². The smallest absolute Gasteiger partial charge is 0.417 e. The Balaban J connectivity index is 1.39. The lowest BCUT2D eigenvalue weighted by atomic mass is 9.94.